The summed E-state index contributed by atoms with van der Waals surface area (Å²) in [5, 5.41) is 2.82. The maximum absolute atomic E-state index is 12.9. The lowest BCUT2D eigenvalue weighted by Gasteiger charge is -2.38. The van der Waals surface area contributed by atoms with Crippen molar-refractivity contribution < 1.29 is 22.7 Å². The molecule has 2 heterocycles. The second kappa shape index (κ2) is 6.13. The number of halogens is 3. The number of hydrogen-bond donors (Lipinski definition) is 1. The van der Waals surface area contributed by atoms with Gasteiger partial charge in [0.25, 0.3) is 0 Å². The molecule has 8 heteroatoms. The molecule has 1 amide bonds. The molecule has 0 aromatic heterocycles. The Morgan fingerprint density at radius 3 is 2.26 bits per heavy atom. The second-order valence-electron chi connectivity index (χ2n) is 7.05. The van der Waals surface area contributed by atoms with Crippen LogP contribution in [0, 0.1) is 5.92 Å². The van der Waals surface area contributed by atoms with E-state index in [2.05, 4.69) is 5.32 Å². The fourth-order valence-corrected chi connectivity index (χ4v) is 2.99. The number of carbonyl (C=O) groups excluding carboxylic acids is 1. The quantitative estimate of drug-likeness (QED) is 0.800. The fourth-order valence-electron chi connectivity index (χ4n) is 2.99. The molecule has 0 aromatic rings. The number of rotatable bonds is 1. The maximum atomic E-state index is 12.9. The van der Waals surface area contributed by atoms with Crippen molar-refractivity contribution in [2.45, 2.75) is 51.6 Å². The molecular formula is C15H24F3N3O2. The molecule has 1 atom stereocenters. The van der Waals surface area contributed by atoms with Gasteiger partial charge in [-0.25, -0.2) is 4.79 Å². The van der Waals surface area contributed by atoms with Crippen LogP contribution in [0.25, 0.3) is 0 Å². The number of nitrogens with one attached hydrogen (secondary N) is 1. The molecule has 132 valence electrons. The Kier molecular flexibility index (Phi) is 4.73. The normalized spacial score (nSPS) is 23.6. The Balaban J connectivity index is 1.88. The van der Waals surface area contributed by atoms with Gasteiger partial charge in [-0.1, -0.05) is 0 Å². The van der Waals surface area contributed by atoms with Gasteiger partial charge < -0.3 is 19.9 Å². The fraction of sp³-hybridized carbons (Fsp3) is 0.800. The number of ether oxygens (including phenoxy) is 1. The first-order chi connectivity index (χ1) is 10.5. The number of nitrogens with zero attached hydrogens (tertiary/aromatic N) is 2. The average molecular weight is 335 g/mol. The zero-order valence-electron chi connectivity index (χ0n) is 13.9. The number of amides is 1. The Hall–Kier alpha value is -1.60. The third kappa shape index (κ3) is 4.23. The van der Waals surface area contributed by atoms with Crippen molar-refractivity contribution >= 4 is 6.09 Å². The molecule has 0 spiro atoms. The van der Waals surface area contributed by atoms with E-state index < -0.39 is 17.5 Å². The number of allylic oxidation sites excluding steroid dienone is 1. The van der Waals surface area contributed by atoms with E-state index in [0.29, 0.717) is 25.9 Å². The van der Waals surface area contributed by atoms with Crippen molar-refractivity contribution in [2.75, 3.05) is 20.1 Å². The SMILES string of the molecule is CN1C(C(F)(F)F)=CNC1C1CCN(C(=O)OC(C)(C)C)CC1. The summed E-state index contributed by atoms with van der Waals surface area (Å²) in [6.07, 6.45) is -2.79. The van der Waals surface area contributed by atoms with Crippen molar-refractivity contribution in [3.63, 3.8) is 0 Å². The molecule has 2 rings (SSSR count). The van der Waals surface area contributed by atoms with Crippen LogP contribution in [0.5, 0.6) is 0 Å². The molecule has 5 nitrogen and oxygen atoms in total. The molecule has 1 fully saturated rings. The third-order valence-corrected chi connectivity index (χ3v) is 4.12. The predicted molar refractivity (Wildman–Crippen MR) is 79.4 cm³/mol. The zero-order valence-corrected chi connectivity index (χ0v) is 13.9. The highest BCUT2D eigenvalue weighted by Crippen LogP contribution is 2.35. The van der Waals surface area contributed by atoms with E-state index in [1.165, 1.54) is 11.9 Å². The number of carbonyl (C=O) groups is 1. The summed E-state index contributed by atoms with van der Waals surface area (Å²) in [6.45, 7) is 6.40. The Morgan fingerprint density at radius 1 is 1.26 bits per heavy atom. The van der Waals surface area contributed by atoms with E-state index in [1.807, 2.05) is 0 Å². The van der Waals surface area contributed by atoms with Crippen LogP contribution in [-0.2, 0) is 4.74 Å². The molecule has 0 saturated carbocycles. The molecule has 2 aliphatic rings. The van der Waals surface area contributed by atoms with Crippen LogP contribution >= 0.6 is 0 Å². The smallest absolute Gasteiger partial charge is 0.432 e. The van der Waals surface area contributed by atoms with Gasteiger partial charge in [0.1, 0.15) is 17.5 Å². The molecule has 0 aromatic carbocycles. The summed E-state index contributed by atoms with van der Waals surface area (Å²) in [6, 6.07) is 0. The predicted octanol–water partition coefficient (Wildman–Crippen LogP) is 2.90. The first-order valence-corrected chi connectivity index (χ1v) is 7.73. The first kappa shape index (κ1) is 17.7. The van der Waals surface area contributed by atoms with Crippen LogP contribution in [0.2, 0.25) is 0 Å². The molecular weight excluding hydrogens is 311 g/mol. The van der Waals surface area contributed by atoms with Crippen molar-refractivity contribution in [3.8, 4) is 0 Å². The maximum Gasteiger partial charge on any atom is 0.432 e. The van der Waals surface area contributed by atoms with Gasteiger partial charge in [0.15, 0.2) is 0 Å². The summed E-state index contributed by atoms with van der Waals surface area (Å²) in [5.74, 6) is 0.0507. The zero-order chi connectivity index (χ0) is 17.4. The first-order valence-electron chi connectivity index (χ1n) is 7.73. The minimum absolute atomic E-state index is 0.0507. The van der Waals surface area contributed by atoms with Gasteiger partial charge in [0.2, 0.25) is 0 Å². The highest BCUT2D eigenvalue weighted by Gasteiger charge is 2.44. The Labute approximate surface area is 134 Å². The van der Waals surface area contributed by atoms with E-state index in [1.54, 1.807) is 25.7 Å². The number of hydrogen-bond acceptors (Lipinski definition) is 4. The minimum Gasteiger partial charge on any atom is -0.444 e. The lowest BCUT2D eigenvalue weighted by Crippen LogP contribution is -2.49. The number of piperidine rings is 1. The molecule has 1 N–H and O–H groups in total. The molecule has 0 bridgehead atoms. The summed E-state index contributed by atoms with van der Waals surface area (Å²) < 4.78 is 43.9. The topological polar surface area (TPSA) is 44.8 Å². The lowest BCUT2D eigenvalue weighted by atomic mass is 9.93. The second-order valence-corrected chi connectivity index (χ2v) is 7.05. The van der Waals surface area contributed by atoms with Gasteiger partial charge in [0.05, 0.1) is 0 Å². The van der Waals surface area contributed by atoms with Crippen LogP contribution in [-0.4, -0.2) is 54.0 Å². The summed E-state index contributed by atoms with van der Waals surface area (Å²) >= 11 is 0. The summed E-state index contributed by atoms with van der Waals surface area (Å²) in [7, 11) is 1.45. The van der Waals surface area contributed by atoms with E-state index in [-0.39, 0.29) is 18.2 Å². The molecule has 0 aliphatic carbocycles. The van der Waals surface area contributed by atoms with Crippen molar-refractivity contribution in [2.24, 2.45) is 5.92 Å². The third-order valence-electron chi connectivity index (χ3n) is 4.12. The van der Waals surface area contributed by atoms with Crippen LogP contribution < -0.4 is 5.32 Å². The van der Waals surface area contributed by atoms with Gasteiger partial charge in [-0.05, 0) is 33.6 Å². The summed E-state index contributed by atoms with van der Waals surface area (Å²) in [5.41, 5.74) is -1.20. The van der Waals surface area contributed by atoms with Crippen molar-refractivity contribution in [1.82, 2.24) is 15.1 Å². The van der Waals surface area contributed by atoms with Crippen LogP contribution in [0.15, 0.2) is 11.9 Å². The lowest BCUT2D eigenvalue weighted by molar-refractivity contribution is -0.111. The van der Waals surface area contributed by atoms with Crippen LogP contribution in [0.3, 0.4) is 0 Å². The van der Waals surface area contributed by atoms with E-state index >= 15 is 0 Å². The highest BCUT2D eigenvalue weighted by atomic mass is 19.4. The molecule has 0 radical (unpaired) electrons. The van der Waals surface area contributed by atoms with Crippen LogP contribution in [0.1, 0.15) is 33.6 Å². The van der Waals surface area contributed by atoms with Crippen LogP contribution in [0.4, 0.5) is 18.0 Å². The van der Waals surface area contributed by atoms with Gasteiger partial charge >= 0.3 is 12.3 Å². The number of alkyl halides is 3. The van der Waals surface area contributed by atoms with E-state index in [4.69, 9.17) is 4.74 Å². The monoisotopic (exact) mass is 335 g/mol. The highest BCUT2D eigenvalue weighted by molar-refractivity contribution is 5.68. The largest absolute Gasteiger partial charge is 0.444 e. The molecule has 1 saturated heterocycles. The summed E-state index contributed by atoms with van der Waals surface area (Å²) in [4.78, 5) is 14.9. The molecule has 23 heavy (non-hydrogen) atoms. The van der Waals surface area contributed by atoms with Crippen molar-refractivity contribution in [3.05, 3.63) is 11.9 Å². The Morgan fingerprint density at radius 2 is 1.83 bits per heavy atom. The average Bonchev–Trinajstić information content (AvgIpc) is 2.78. The minimum atomic E-state index is -4.35. The Bertz CT molecular complexity index is 477. The molecule has 2 aliphatic heterocycles. The standard InChI is InChI=1S/C15H24F3N3O2/c1-14(2,3)23-13(22)21-7-5-10(6-8-21)12-19-9-11(20(12)4)15(16,17)18/h9-10,12,19H,5-8H2,1-4H3. The number of likely N-dealkylation sites (tertiary alicyclic amines) is 1. The van der Waals surface area contributed by atoms with Crippen molar-refractivity contribution in [1.29, 1.82) is 0 Å². The van der Waals surface area contributed by atoms with Gasteiger partial charge in [-0.15, -0.1) is 0 Å². The molecule has 1 unspecified atom stereocenters. The van der Waals surface area contributed by atoms with E-state index in [0.717, 1.165) is 6.20 Å². The van der Waals surface area contributed by atoms with Gasteiger partial charge in [-0.3, -0.25) is 0 Å². The van der Waals surface area contributed by atoms with E-state index in [9.17, 15) is 18.0 Å². The van der Waals surface area contributed by atoms with Gasteiger partial charge in [0, 0.05) is 32.3 Å². The van der Waals surface area contributed by atoms with Gasteiger partial charge in [-0.2, -0.15) is 13.2 Å².